The third-order valence-electron chi connectivity index (χ3n) is 3.43. The minimum Gasteiger partial charge on any atom is -0.452 e. The fraction of sp³-hybridized carbons (Fsp3) is 0.375. The third-order valence-corrected chi connectivity index (χ3v) is 3.43. The average molecular weight is 334 g/mol. The number of ether oxygens (including phenoxy) is 2. The van der Waals surface area contributed by atoms with Gasteiger partial charge < -0.3 is 14.8 Å². The molecule has 0 aliphatic carbocycles. The lowest BCUT2D eigenvalue weighted by Crippen LogP contribution is -2.34. The predicted octanol–water partition coefficient (Wildman–Crippen LogP) is 1.45. The van der Waals surface area contributed by atoms with Crippen molar-refractivity contribution in [2.24, 2.45) is 0 Å². The van der Waals surface area contributed by atoms with Crippen molar-refractivity contribution in [3.63, 3.8) is 0 Å². The monoisotopic (exact) mass is 334 g/mol. The second kappa shape index (κ2) is 8.78. The van der Waals surface area contributed by atoms with Crippen molar-refractivity contribution < 1.29 is 24.0 Å². The topological polar surface area (TPSA) is 108 Å². The first-order chi connectivity index (χ1) is 11.6. The molecule has 1 atom stereocenters. The molecule has 8 nitrogen and oxygen atoms in total. The number of nitrogens with zero attached hydrogens (tertiary/aromatic N) is 1. The van der Waals surface area contributed by atoms with Gasteiger partial charge in [0.25, 0.3) is 11.6 Å². The number of hydrogen-bond donors (Lipinski definition) is 1. The number of amides is 1. The Hall–Kier alpha value is -2.74. The summed E-state index contributed by atoms with van der Waals surface area (Å²) in [5, 5.41) is 13.5. The van der Waals surface area contributed by atoms with Crippen LogP contribution in [0.4, 0.5) is 5.69 Å². The standard InChI is InChI=1S/C16H18N2O6/c19-15(17-10-13-5-3-9-23-13)11-24-16(20)8-7-12-4-1-2-6-14(12)18(21)22/h1-2,4,6-8,13H,3,5,9-11H2,(H,17,19)/b8-7+/t13-/m1/s1. The Bertz CT molecular complexity index is 637. The molecule has 0 saturated carbocycles. The molecule has 1 amide bonds. The highest BCUT2D eigenvalue weighted by Crippen LogP contribution is 2.18. The van der Waals surface area contributed by atoms with Crippen LogP contribution in [-0.2, 0) is 19.1 Å². The zero-order valence-electron chi connectivity index (χ0n) is 13.0. The molecule has 128 valence electrons. The largest absolute Gasteiger partial charge is 0.452 e. The summed E-state index contributed by atoms with van der Waals surface area (Å²) in [5.41, 5.74) is 0.165. The van der Waals surface area contributed by atoms with E-state index in [9.17, 15) is 19.7 Å². The molecular weight excluding hydrogens is 316 g/mol. The maximum Gasteiger partial charge on any atom is 0.331 e. The van der Waals surface area contributed by atoms with E-state index in [1.807, 2.05) is 0 Å². The average Bonchev–Trinajstić information content (AvgIpc) is 3.10. The summed E-state index contributed by atoms with van der Waals surface area (Å²) in [6, 6.07) is 6.00. The van der Waals surface area contributed by atoms with Crippen LogP contribution in [0.1, 0.15) is 18.4 Å². The number of nitro benzene ring substituents is 1. The number of hydrogen-bond acceptors (Lipinski definition) is 6. The molecule has 1 aliphatic heterocycles. The highest BCUT2D eigenvalue weighted by molar-refractivity contribution is 5.89. The zero-order valence-corrected chi connectivity index (χ0v) is 13.0. The van der Waals surface area contributed by atoms with Gasteiger partial charge in [-0.1, -0.05) is 12.1 Å². The summed E-state index contributed by atoms with van der Waals surface area (Å²) in [6.07, 6.45) is 4.23. The number of benzene rings is 1. The van der Waals surface area contributed by atoms with Crippen molar-refractivity contribution in [2.45, 2.75) is 18.9 Å². The normalized spacial score (nSPS) is 16.9. The van der Waals surface area contributed by atoms with Crippen molar-refractivity contribution in [3.8, 4) is 0 Å². The van der Waals surface area contributed by atoms with Gasteiger partial charge in [-0.05, 0) is 25.0 Å². The van der Waals surface area contributed by atoms with E-state index in [-0.39, 0.29) is 17.4 Å². The van der Waals surface area contributed by atoms with Gasteiger partial charge in [0.15, 0.2) is 6.61 Å². The van der Waals surface area contributed by atoms with Crippen molar-refractivity contribution in [1.29, 1.82) is 0 Å². The second-order valence-electron chi connectivity index (χ2n) is 5.20. The van der Waals surface area contributed by atoms with Crippen molar-refractivity contribution in [1.82, 2.24) is 5.32 Å². The van der Waals surface area contributed by atoms with Gasteiger partial charge in [0.1, 0.15) is 0 Å². The van der Waals surface area contributed by atoms with E-state index in [0.29, 0.717) is 13.2 Å². The van der Waals surface area contributed by atoms with Gasteiger partial charge in [0.05, 0.1) is 16.6 Å². The molecule has 0 bridgehead atoms. The Morgan fingerprint density at radius 3 is 2.92 bits per heavy atom. The van der Waals surface area contributed by atoms with Crippen LogP contribution in [0.25, 0.3) is 6.08 Å². The molecule has 0 spiro atoms. The maximum atomic E-state index is 11.6. The number of carbonyl (C=O) groups is 2. The Morgan fingerprint density at radius 1 is 1.42 bits per heavy atom. The van der Waals surface area contributed by atoms with Crippen LogP contribution >= 0.6 is 0 Å². The van der Waals surface area contributed by atoms with Crippen LogP contribution in [0.5, 0.6) is 0 Å². The molecule has 8 heteroatoms. The van der Waals surface area contributed by atoms with Gasteiger partial charge in [-0.25, -0.2) is 4.79 Å². The fourth-order valence-electron chi connectivity index (χ4n) is 2.22. The number of nitrogens with one attached hydrogen (secondary N) is 1. The maximum absolute atomic E-state index is 11.6. The number of para-hydroxylation sites is 1. The van der Waals surface area contributed by atoms with Crippen LogP contribution in [-0.4, -0.2) is 42.7 Å². The summed E-state index contributed by atoms with van der Waals surface area (Å²) in [7, 11) is 0. The lowest BCUT2D eigenvalue weighted by molar-refractivity contribution is -0.385. The quantitative estimate of drug-likeness (QED) is 0.350. The molecular formula is C16H18N2O6. The molecule has 1 aromatic rings. The lowest BCUT2D eigenvalue weighted by Gasteiger charge is -2.10. The summed E-state index contributed by atoms with van der Waals surface area (Å²) in [5.74, 6) is -1.17. The molecule has 1 N–H and O–H groups in total. The smallest absolute Gasteiger partial charge is 0.331 e. The SMILES string of the molecule is O=C(COC(=O)/C=C/c1ccccc1[N+](=O)[O-])NC[C@H]1CCCO1. The van der Waals surface area contributed by atoms with Gasteiger partial charge in [0, 0.05) is 25.3 Å². The Balaban J connectivity index is 1.76. The van der Waals surface area contributed by atoms with Gasteiger partial charge in [-0.3, -0.25) is 14.9 Å². The van der Waals surface area contributed by atoms with Crippen molar-refractivity contribution >= 4 is 23.6 Å². The highest BCUT2D eigenvalue weighted by Gasteiger charge is 2.16. The molecule has 0 unspecified atom stereocenters. The molecule has 2 rings (SSSR count). The summed E-state index contributed by atoms with van der Waals surface area (Å²) in [6.45, 7) is 0.682. The first kappa shape index (κ1) is 17.6. The van der Waals surface area contributed by atoms with Crippen LogP contribution < -0.4 is 5.32 Å². The molecule has 1 aromatic carbocycles. The van der Waals surface area contributed by atoms with Gasteiger partial charge in [-0.2, -0.15) is 0 Å². The van der Waals surface area contributed by atoms with E-state index in [4.69, 9.17) is 9.47 Å². The molecule has 0 radical (unpaired) electrons. The minimum atomic E-state index is -0.750. The van der Waals surface area contributed by atoms with Crippen molar-refractivity contribution in [2.75, 3.05) is 19.8 Å². The Kier molecular flexibility index (Phi) is 6.44. The number of rotatable bonds is 7. The molecule has 1 saturated heterocycles. The van der Waals surface area contributed by atoms with Gasteiger partial charge >= 0.3 is 5.97 Å². The highest BCUT2D eigenvalue weighted by atomic mass is 16.6. The number of carbonyl (C=O) groups excluding carboxylic acids is 2. The van der Waals surface area contributed by atoms with Crippen LogP contribution in [0.15, 0.2) is 30.3 Å². The summed E-state index contributed by atoms with van der Waals surface area (Å²) >= 11 is 0. The predicted molar refractivity (Wildman–Crippen MR) is 85.1 cm³/mol. The summed E-state index contributed by atoms with van der Waals surface area (Å²) < 4.78 is 10.2. The minimum absolute atomic E-state index is 0.0168. The Morgan fingerprint density at radius 2 is 2.21 bits per heavy atom. The van der Waals surface area contributed by atoms with E-state index in [1.54, 1.807) is 6.07 Å². The summed E-state index contributed by atoms with van der Waals surface area (Å²) in [4.78, 5) is 33.5. The molecule has 0 aromatic heterocycles. The number of esters is 1. The second-order valence-corrected chi connectivity index (χ2v) is 5.20. The molecule has 1 aliphatic rings. The fourth-order valence-corrected chi connectivity index (χ4v) is 2.22. The van der Waals surface area contributed by atoms with E-state index >= 15 is 0 Å². The molecule has 24 heavy (non-hydrogen) atoms. The molecule has 1 fully saturated rings. The first-order valence-corrected chi connectivity index (χ1v) is 7.53. The number of nitro groups is 1. The van der Waals surface area contributed by atoms with Crippen LogP contribution in [0.3, 0.4) is 0 Å². The first-order valence-electron chi connectivity index (χ1n) is 7.53. The van der Waals surface area contributed by atoms with E-state index < -0.39 is 23.4 Å². The van der Waals surface area contributed by atoms with E-state index in [2.05, 4.69) is 5.32 Å². The lowest BCUT2D eigenvalue weighted by atomic mass is 10.1. The van der Waals surface area contributed by atoms with E-state index in [0.717, 1.165) is 18.9 Å². The zero-order chi connectivity index (χ0) is 17.4. The van der Waals surface area contributed by atoms with Gasteiger partial charge in [-0.15, -0.1) is 0 Å². The van der Waals surface area contributed by atoms with Crippen molar-refractivity contribution in [3.05, 3.63) is 46.0 Å². The Labute approximate surface area is 138 Å². The van der Waals surface area contributed by atoms with E-state index in [1.165, 1.54) is 24.3 Å². The van der Waals surface area contributed by atoms with Gasteiger partial charge in [0.2, 0.25) is 0 Å². The van der Waals surface area contributed by atoms with Crippen LogP contribution in [0, 0.1) is 10.1 Å². The molecule has 1 heterocycles. The third kappa shape index (κ3) is 5.47. The van der Waals surface area contributed by atoms with Crippen LogP contribution in [0.2, 0.25) is 0 Å².